The van der Waals surface area contributed by atoms with Gasteiger partial charge in [-0.2, -0.15) is 0 Å². The van der Waals surface area contributed by atoms with Gasteiger partial charge in [-0.15, -0.1) is 6.58 Å². The van der Waals surface area contributed by atoms with Crippen molar-refractivity contribution in [2.24, 2.45) is 0 Å². The molecule has 19 heavy (non-hydrogen) atoms. The van der Waals surface area contributed by atoms with E-state index in [1.807, 2.05) is 0 Å². The molecule has 0 spiro atoms. The molecule has 0 rings (SSSR count). The van der Waals surface area contributed by atoms with Crippen molar-refractivity contribution in [3.05, 3.63) is 12.7 Å². The van der Waals surface area contributed by atoms with Gasteiger partial charge in [-0.1, -0.05) is 6.08 Å². The molecule has 0 amide bonds. The molecule has 0 aliphatic heterocycles. The van der Waals surface area contributed by atoms with E-state index in [0.717, 1.165) is 0 Å². The molecule has 0 saturated carbocycles. The Hall–Kier alpha value is 1.07. The van der Waals surface area contributed by atoms with Crippen LogP contribution in [-0.2, 0) is 47.9 Å². The van der Waals surface area contributed by atoms with Crippen molar-refractivity contribution < 1.29 is 72.6 Å². The summed E-state index contributed by atoms with van der Waals surface area (Å²) in [6.45, 7) is 3.31. The van der Waals surface area contributed by atoms with Gasteiger partial charge in [0.1, 0.15) is 33.0 Å². The summed E-state index contributed by atoms with van der Waals surface area (Å²) in [6.07, 6.45) is 1.43. The predicted octanol–water partition coefficient (Wildman–Crippen LogP) is -2.83. The van der Waals surface area contributed by atoms with Crippen molar-refractivity contribution in [3.63, 3.8) is 0 Å². The quantitative estimate of drug-likeness (QED) is 0.284. The summed E-state index contributed by atoms with van der Waals surface area (Å²) in [5, 5.41) is 7.76. The number of hydrogen-bond donors (Lipinski definition) is 1. The number of aliphatic hydroxyl groups excluding tert-OH is 1. The van der Waals surface area contributed by atoms with Gasteiger partial charge in [0.2, 0.25) is 0 Å². The van der Waals surface area contributed by atoms with Crippen molar-refractivity contribution in [2.75, 3.05) is 6.61 Å². The first-order valence-corrected chi connectivity index (χ1v) is 8.48. The molecule has 0 bridgehead atoms. The zero-order valence-electron chi connectivity index (χ0n) is 8.93. The van der Waals surface area contributed by atoms with E-state index in [2.05, 4.69) is 15.2 Å². The van der Waals surface area contributed by atoms with Crippen LogP contribution in [0.2, 0.25) is 0 Å². The molecule has 114 valence electrons. The first-order chi connectivity index (χ1) is 8.17. The predicted molar refractivity (Wildman–Crippen MR) is 55.5 cm³/mol. The number of hydrogen-bond acceptors (Lipinski definition) is 11. The van der Waals surface area contributed by atoms with Crippen molar-refractivity contribution >= 4 is 33.0 Å². The smallest absolute Gasteiger partial charge is 0.781 e. The minimum absolute atomic E-state index is 0. The molecule has 11 nitrogen and oxygen atoms in total. The van der Waals surface area contributed by atoms with E-state index in [4.69, 9.17) is 5.11 Å². The molecular formula is C3H10O11P4W. The summed E-state index contributed by atoms with van der Waals surface area (Å²) in [6, 6.07) is 0. The van der Waals surface area contributed by atoms with Crippen LogP contribution in [0.5, 0.6) is 0 Å². The molecule has 0 aromatic carbocycles. The Morgan fingerprint density at radius 2 is 1.05 bits per heavy atom. The maximum absolute atomic E-state index is 9.29. The molecule has 4 unspecified atom stereocenters. The average Bonchev–Trinajstić information content (AvgIpc) is 2.14. The Morgan fingerprint density at radius 3 is 1.05 bits per heavy atom. The second-order valence-electron chi connectivity index (χ2n) is 1.68. The Labute approximate surface area is 125 Å². The molecule has 0 aliphatic rings. The van der Waals surface area contributed by atoms with Gasteiger partial charge in [0.25, 0.3) is 0 Å². The van der Waals surface area contributed by atoms with Crippen LogP contribution in [0, 0.1) is 0 Å². The third-order valence-corrected chi connectivity index (χ3v) is 3.13. The molecule has 16 heteroatoms. The van der Waals surface area contributed by atoms with Gasteiger partial charge in [-0.3, -0.25) is 8.62 Å². The summed E-state index contributed by atoms with van der Waals surface area (Å²) in [4.78, 5) is 37.1. The summed E-state index contributed by atoms with van der Waals surface area (Å²) >= 11 is 0. The van der Waals surface area contributed by atoms with Gasteiger partial charge in [0.05, 0.1) is 6.61 Å². The van der Waals surface area contributed by atoms with Gasteiger partial charge >= 0.3 is 21.1 Å². The van der Waals surface area contributed by atoms with E-state index >= 15 is 0 Å². The topological polar surface area (TPSA) is 199 Å². The molecule has 4 atom stereocenters. The third kappa shape index (κ3) is 54.8. The van der Waals surface area contributed by atoms with Crippen molar-refractivity contribution in [1.29, 1.82) is 0 Å². The maximum Gasteiger partial charge on any atom is 4.00 e. The largest absolute Gasteiger partial charge is 4.00 e. The molecule has 0 aromatic rings. The minimum Gasteiger partial charge on any atom is -0.781 e. The molecular weight excluding hydrogens is 520 g/mol. The van der Waals surface area contributed by atoms with E-state index in [0.29, 0.717) is 0 Å². The van der Waals surface area contributed by atoms with Gasteiger partial charge in [0.15, 0.2) is 0 Å². The fraction of sp³-hybridized carbons (Fsp3) is 0.333. The second-order valence-corrected chi connectivity index (χ2v) is 5.31. The van der Waals surface area contributed by atoms with Crippen LogP contribution in [0.25, 0.3) is 0 Å². The van der Waals surface area contributed by atoms with E-state index < -0.39 is 33.0 Å². The van der Waals surface area contributed by atoms with Crippen LogP contribution in [0.3, 0.4) is 0 Å². The summed E-state index contributed by atoms with van der Waals surface area (Å²) < 4.78 is 43.6. The molecule has 0 radical (unpaired) electrons. The van der Waals surface area contributed by atoms with Crippen molar-refractivity contribution in [1.82, 2.24) is 0 Å². The zero-order valence-corrected chi connectivity index (χ0v) is 15.9. The maximum atomic E-state index is 9.29. The van der Waals surface area contributed by atoms with Gasteiger partial charge in [-0.25, -0.2) is 0 Å². The van der Waals surface area contributed by atoms with E-state index in [9.17, 15) is 37.8 Å². The van der Waals surface area contributed by atoms with E-state index in [1.54, 1.807) is 0 Å². The Balaban J connectivity index is -0.0000000900. The summed E-state index contributed by atoms with van der Waals surface area (Å²) in [5.41, 5.74) is 0. The van der Waals surface area contributed by atoms with Crippen LogP contribution in [0.1, 0.15) is 0 Å². The number of aliphatic hydroxyl groups is 1. The van der Waals surface area contributed by atoms with Gasteiger partial charge in [-0.05, 0) is 0 Å². The first-order valence-electron chi connectivity index (χ1n) is 3.58. The van der Waals surface area contributed by atoms with Gasteiger partial charge in [0, 0.05) is 0 Å². The fourth-order valence-electron chi connectivity index (χ4n) is 0.136. The van der Waals surface area contributed by atoms with Crippen LogP contribution in [0.15, 0.2) is 12.7 Å². The van der Waals surface area contributed by atoms with Crippen LogP contribution >= 0.6 is 33.0 Å². The zero-order chi connectivity index (χ0) is 15.1. The summed E-state index contributed by atoms with van der Waals surface area (Å²) in [7, 11) is -14.1. The van der Waals surface area contributed by atoms with Crippen LogP contribution in [0.4, 0.5) is 0 Å². The SMILES string of the molecule is C=CCO.O=[PH]([O-])O[PH](=O)[O-].O=[PH]([O-])O[PH](=O)[O-].[W+4]. The Kier molecular flexibility index (Phi) is 31.8. The molecule has 1 N–H and O–H groups in total. The molecule has 0 aliphatic carbocycles. The second kappa shape index (κ2) is 21.4. The Bertz CT molecular complexity index is 256. The van der Waals surface area contributed by atoms with E-state index in [1.165, 1.54) is 6.08 Å². The van der Waals surface area contributed by atoms with Crippen LogP contribution < -0.4 is 19.6 Å². The normalized spacial score (nSPS) is 15.0. The first kappa shape index (κ1) is 28.3. The number of rotatable bonds is 5. The molecule has 0 saturated heterocycles. The minimum atomic E-state index is -3.51. The Morgan fingerprint density at radius 1 is 0.895 bits per heavy atom. The van der Waals surface area contributed by atoms with Crippen LogP contribution in [-0.4, -0.2) is 11.7 Å². The molecule has 0 fully saturated rings. The third-order valence-electron chi connectivity index (χ3n) is 0.462. The summed E-state index contributed by atoms with van der Waals surface area (Å²) in [5.74, 6) is 0. The standard InChI is InChI=1S/C3H6O.2H4O5P2.W/c1-2-3-4;2*1-6(2)5-7(3)4;/h2,4H,1,3H2;2*6-7H,(H,1,2)(H,3,4);/q;;;+4/p-4. The van der Waals surface area contributed by atoms with E-state index in [-0.39, 0.29) is 27.7 Å². The molecule has 0 aromatic heterocycles. The average molecular weight is 530 g/mol. The van der Waals surface area contributed by atoms with Crippen molar-refractivity contribution in [2.45, 2.75) is 0 Å². The van der Waals surface area contributed by atoms with Gasteiger partial charge < -0.3 is 42.9 Å². The monoisotopic (exact) mass is 530 g/mol. The molecule has 0 heterocycles. The van der Waals surface area contributed by atoms with Crippen molar-refractivity contribution in [3.8, 4) is 0 Å². The fourth-order valence-corrected chi connectivity index (χ4v) is 1.22.